The second-order valence-electron chi connectivity index (χ2n) is 7.82. The zero-order chi connectivity index (χ0) is 17.6. The first-order chi connectivity index (χ1) is 11.5. The van der Waals surface area contributed by atoms with Gasteiger partial charge in [-0.15, -0.1) is 0 Å². The van der Waals surface area contributed by atoms with Crippen molar-refractivity contribution in [3.63, 3.8) is 0 Å². The fraction of sp³-hybridized carbons (Fsp3) is 0.591. The lowest BCUT2D eigenvalue weighted by Gasteiger charge is -2.36. The number of Topliss-reactive ketones (excluding diaryl/α,β-unsaturated/α-hetero) is 1. The molecule has 0 unspecified atom stereocenters. The van der Waals surface area contributed by atoms with Crippen LogP contribution in [0.4, 0.5) is 5.69 Å². The van der Waals surface area contributed by atoms with Crippen LogP contribution in [0.25, 0.3) is 0 Å². The van der Waals surface area contributed by atoms with Crippen LogP contribution in [-0.4, -0.2) is 5.78 Å². The number of ketones is 1. The Bertz CT molecular complexity index is 568. The fourth-order valence-electron chi connectivity index (χ4n) is 3.36. The van der Waals surface area contributed by atoms with E-state index in [4.69, 9.17) is 0 Å². The molecule has 2 rings (SSSR count). The summed E-state index contributed by atoms with van der Waals surface area (Å²) < 4.78 is 0. The summed E-state index contributed by atoms with van der Waals surface area (Å²) in [6.45, 7) is 9.12. The number of hydrogen-bond acceptors (Lipinski definition) is 2. The number of hydrogen-bond donors (Lipinski definition) is 1. The van der Waals surface area contributed by atoms with Crippen LogP contribution in [0.1, 0.15) is 71.8 Å². The van der Waals surface area contributed by atoms with Gasteiger partial charge in [0.2, 0.25) is 0 Å². The van der Waals surface area contributed by atoms with Gasteiger partial charge in [-0.25, -0.2) is 0 Å². The monoisotopic (exact) mass is 327 g/mol. The van der Waals surface area contributed by atoms with Crippen molar-refractivity contribution in [1.82, 2.24) is 0 Å². The molecule has 1 aliphatic carbocycles. The van der Waals surface area contributed by atoms with Crippen molar-refractivity contribution < 1.29 is 4.79 Å². The van der Waals surface area contributed by atoms with Crippen LogP contribution in [0.15, 0.2) is 36.0 Å². The fourth-order valence-corrected chi connectivity index (χ4v) is 3.36. The zero-order valence-corrected chi connectivity index (χ0v) is 15.8. The lowest BCUT2D eigenvalue weighted by atomic mass is 9.68. The van der Waals surface area contributed by atoms with E-state index in [2.05, 4.69) is 57.3 Å². The molecule has 0 aromatic heterocycles. The van der Waals surface area contributed by atoms with Crippen molar-refractivity contribution in [2.45, 2.75) is 72.6 Å². The van der Waals surface area contributed by atoms with E-state index in [1.165, 1.54) is 18.4 Å². The number of carbonyl (C=O) groups is 1. The maximum atomic E-state index is 12.2. The molecule has 2 heteroatoms. The van der Waals surface area contributed by atoms with Crippen LogP contribution in [0, 0.1) is 11.3 Å². The SMILES string of the molecule is CCCCc1ccc(N/C=C2\C[C@@H](C(C)(C)CC)CCC2=O)cc1. The molecule has 0 radical (unpaired) electrons. The highest BCUT2D eigenvalue weighted by atomic mass is 16.1. The smallest absolute Gasteiger partial charge is 0.160 e. The Labute approximate surface area is 147 Å². The second kappa shape index (κ2) is 8.50. The Kier molecular flexibility index (Phi) is 6.65. The van der Waals surface area contributed by atoms with E-state index in [0.717, 1.165) is 36.9 Å². The minimum Gasteiger partial charge on any atom is -0.361 e. The van der Waals surface area contributed by atoms with Crippen LogP contribution in [0.3, 0.4) is 0 Å². The quantitative estimate of drug-likeness (QED) is 0.610. The Balaban J connectivity index is 2.00. The van der Waals surface area contributed by atoms with Crippen LogP contribution >= 0.6 is 0 Å². The van der Waals surface area contributed by atoms with Crippen LogP contribution < -0.4 is 5.32 Å². The number of carbonyl (C=O) groups excluding carboxylic acids is 1. The number of allylic oxidation sites excluding steroid dienone is 1. The number of benzene rings is 1. The summed E-state index contributed by atoms with van der Waals surface area (Å²) in [5.41, 5.74) is 3.71. The molecule has 1 atom stereocenters. The Hall–Kier alpha value is -1.57. The summed E-state index contributed by atoms with van der Waals surface area (Å²) in [5.74, 6) is 0.912. The van der Waals surface area contributed by atoms with Gasteiger partial charge in [0.15, 0.2) is 5.78 Å². The zero-order valence-electron chi connectivity index (χ0n) is 15.8. The summed E-state index contributed by atoms with van der Waals surface area (Å²) in [4.78, 5) is 12.2. The first-order valence-corrected chi connectivity index (χ1v) is 9.54. The molecule has 0 heterocycles. The summed E-state index contributed by atoms with van der Waals surface area (Å²) in [7, 11) is 0. The maximum Gasteiger partial charge on any atom is 0.160 e. The van der Waals surface area contributed by atoms with E-state index in [9.17, 15) is 4.79 Å². The van der Waals surface area contributed by atoms with Gasteiger partial charge in [-0.2, -0.15) is 0 Å². The molecule has 0 aliphatic heterocycles. The standard InChI is InChI=1S/C22H33NO/c1-5-7-8-17-9-12-20(13-10-17)23-16-18-15-19(11-14-21(18)24)22(3,4)6-2/h9-10,12-13,16,19,23H,5-8,11,14-15H2,1-4H3/b18-16+/t19-/m0/s1. The average molecular weight is 328 g/mol. The van der Waals surface area contributed by atoms with Gasteiger partial charge < -0.3 is 5.32 Å². The molecule has 1 aromatic rings. The van der Waals surface area contributed by atoms with Gasteiger partial charge in [-0.3, -0.25) is 4.79 Å². The van der Waals surface area contributed by atoms with Crippen LogP contribution in [0.5, 0.6) is 0 Å². The molecule has 1 N–H and O–H groups in total. The Morgan fingerprint density at radius 1 is 1.21 bits per heavy atom. The van der Waals surface area contributed by atoms with Crippen molar-refractivity contribution in [3.8, 4) is 0 Å². The summed E-state index contributed by atoms with van der Waals surface area (Å²) in [6, 6.07) is 8.59. The minimum absolute atomic E-state index is 0.306. The van der Waals surface area contributed by atoms with Crippen molar-refractivity contribution in [2.75, 3.05) is 5.32 Å². The van der Waals surface area contributed by atoms with E-state index < -0.39 is 0 Å². The topological polar surface area (TPSA) is 29.1 Å². The van der Waals surface area contributed by atoms with Crippen LogP contribution in [0.2, 0.25) is 0 Å². The molecule has 1 aliphatic rings. The molecule has 0 amide bonds. The van der Waals surface area contributed by atoms with E-state index in [1.807, 2.05) is 6.20 Å². The molecule has 1 saturated carbocycles. The first kappa shape index (κ1) is 18.8. The van der Waals surface area contributed by atoms with Crippen molar-refractivity contribution >= 4 is 11.5 Å². The minimum atomic E-state index is 0.306. The predicted octanol–water partition coefficient (Wildman–Crippen LogP) is 6.13. The van der Waals surface area contributed by atoms with E-state index in [-0.39, 0.29) is 0 Å². The molecule has 1 fully saturated rings. The Morgan fingerprint density at radius 2 is 1.92 bits per heavy atom. The summed E-state index contributed by atoms with van der Waals surface area (Å²) >= 11 is 0. The number of anilines is 1. The normalized spacial score (nSPS) is 20.4. The molecule has 0 saturated heterocycles. The van der Waals surface area contributed by atoms with E-state index in [1.54, 1.807) is 0 Å². The third-order valence-corrected chi connectivity index (χ3v) is 5.75. The van der Waals surface area contributed by atoms with Gasteiger partial charge in [0, 0.05) is 23.9 Å². The van der Waals surface area contributed by atoms with E-state index in [0.29, 0.717) is 23.5 Å². The number of unbranched alkanes of at least 4 members (excludes halogenated alkanes) is 1. The van der Waals surface area contributed by atoms with Gasteiger partial charge in [0.1, 0.15) is 0 Å². The third kappa shape index (κ3) is 4.96. The van der Waals surface area contributed by atoms with Gasteiger partial charge >= 0.3 is 0 Å². The van der Waals surface area contributed by atoms with Gasteiger partial charge in [-0.05, 0) is 54.7 Å². The van der Waals surface area contributed by atoms with Crippen LogP contribution in [-0.2, 0) is 11.2 Å². The number of nitrogens with one attached hydrogen (secondary N) is 1. The van der Waals surface area contributed by atoms with Crippen molar-refractivity contribution in [3.05, 3.63) is 41.6 Å². The molecular weight excluding hydrogens is 294 g/mol. The summed E-state index contributed by atoms with van der Waals surface area (Å²) in [5, 5.41) is 3.34. The highest BCUT2D eigenvalue weighted by Gasteiger charge is 2.33. The maximum absolute atomic E-state index is 12.2. The molecule has 0 spiro atoms. The van der Waals surface area contributed by atoms with Crippen molar-refractivity contribution in [2.24, 2.45) is 11.3 Å². The molecule has 132 valence electrons. The molecular formula is C22H33NO. The largest absolute Gasteiger partial charge is 0.361 e. The first-order valence-electron chi connectivity index (χ1n) is 9.54. The molecule has 0 bridgehead atoms. The van der Waals surface area contributed by atoms with Gasteiger partial charge in [-0.1, -0.05) is 52.7 Å². The second-order valence-corrected chi connectivity index (χ2v) is 7.82. The molecule has 24 heavy (non-hydrogen) atoms. The van der Waals surface area contributed by atoms with Crippen molar-refractivity contribution in [1.29, 1.82) is 0 Å². The number of aryl methyl sites for hydroxylation is 1. The molecule has 2 nitrogen and oxygen atoms in total. The summed E-state index contributed by atoms with van der Waals surface area (Å²) in [6.07, 6.45) is 9.34. The highest BCUT2D eigenvalue weighted by Crippen LogP contribution is 2.41. The van der Waals surface area contributed by atoms with Gasteiger partial charge in [0.25, 0.3) is 0 Å². The highest BCUT2D eigenvalue weighted by molar-refractivity contribution is 5.96. The Morgan fingerprint density at radius 3 is 2.54 bits per heavy atom. The lowest BCUT2D eigenvalue weighted by molar-refractivity contribution is -0.117. The predicted molar refractivity (Wildman–Crippen MR) is 103 cm³/mol. The van der Waals surface area contributed by atoms with E-state index >= 15 is 0 Å². The third-order valence-electron chi connectivity index (χ3n) is 5.75. The number of rotatable bonds is 7. The lowest BCUT2D eigenvalue weighted by Crippen LogP contribution is -2.29. The van der Waals surface area contributed by atoms with Gasteiger partial charge in [0.05, 0.1) is 0 Å². The average Bonchev–Trinajstić information content (AvgIpc) is 2.60. The molecule has 1 aromatic carbocycles.